The molecule has 0 bridgehead atoms. The molecule has 1 aromatic rings. The van der Waals surface area contributed by atoms with Crippen LogP contribution in [0.15, 0.2) is 18.2 Å². The largest absolute Gasteiger partial charge is 0.489 e. The van der Waals surface area contributed by atoms with E-state index >= 15 is 0 Å². The second-order valence-corrected chi connectivity index (χ2v) is 5.94. The van der Waals surface area contributed by atoms with Crippen LogP contribution in [-0.2, 0) is 15.9 Å². The van der Waals surface area contributed by atoms with E-state index in [0.717, 1.165) is 44.0 Å². The Morgan fingerprint density at radius 2 is 2.05 bits per heavy atom. The number of hydrogen-bond acceptors (Lipinski definition) is 4. The molecule has 110 valence electrons. The van der Waals surface area contributed by atoms with Gasteiger partial charge < -0.3 is 18.9 Å². The molecule has 0 aliphatic carbocycles. The first-order valence-electron chi connectivity index (χ1n) is 7.31. The van der Waals surface area contributed by atoms with Crippen molar-refractivity contribution in [3.05, 3.63) is 23.8 Å². The summed E-state index contributed by atoms with van der Waals surface area (Å²) in [5.41, 5.74) is 1.08. The third-order valence-electron chi connectivity index (χ3n) is 3.56. The average Bonchev–Trinajstić information content (AvgIpc) is 2.75. The number of hydrogen-bond donors (Lipinski definition) is 0. The van der Waals surface area contributed by atoms with E-state index in [2.05, 4.69) is 19.9 Å². The van der Waals surface area contributed by atoms with Gasteiger partial charge in [0, 0.05) is 18.4 Å². The Hall–Kier alpha value is -1.26. The SMILES string of the molecule is CC1(C)Cc2cccc(OCCC3OCCCO3)c2O1. The number of rotatable bonds is 4. The zero-order chi connectivity index (χ0) is 14.0. The van der Waals surface area contributed by atoms with Crippen LogP contribution in [0, 0.1) is 0 Å². The topological polar surface area (TPSA) is 36.9 Å². The molecule has 0 radical (unpaired) electrons. The summed E-state index contributed by atoms with van der Waals surface area (Å²) in [5, 5.41) is 0. The lowest BCUT2D eigenvalue weighted by Crippen LogP contribution is -2.26. The lowest BCUT2D eigenvalue weighted by Gasteiger charge is -2.23. The zero-order valence-electron chi connectivity index (χ0n) is 12.2. The standard InChI is InChI=1S/C16H22O4/c1-16(2)11-12-5-3-6-13(15(12)20-16)17-10-7-14-18-8-4-9-19-14/h3,5-6,14H,4,7-11H2,1-2H3. The number of benzene rings is 1. The van der Waals surface area contributed by atoms with E-state index in [1.807, 2.05) is 12.1 Å². The Morgan fingerprint density at radius 1 is 1.25 bits per heavy atom. The second-order valence-electron chi connectivity index (χ2n) is 5.94. The van der Waals surface area contributed by atoms with E-state index in [-0.39, 0.29) is 11.9 Å². The van der Waals surface area contributed by atoms with Gasteiger partial charge in [-0.05, 0) is 26.3 Å². The van der Waals surface area contributed by atoms with E-state index in [1.165, 1.54) is 5.56 Å². The second kappa shape index (κ2) is 5.62. The minimum Gasteiger partial charge on any atom is -0.489 e. The van der Waals surface area contributed by atoms with Crippen molar-refractivity contribution < 1.29 is 18.9 Å². The highest BCUT2D eigenvalue weighted by Gasteiger charge is 2.32. The van der Waals surface area contributed by atoms with E-state index in [0.29, 0.717) is 6.61 Å². The van der Waals surface area contributed by atoms with Gasteiger partial charge in [-0.25, -0.2) is 0 Å². The van der Waals surface area contributed by atoms with Gasteiger partial charge in [0.05, 0.1) is 19.8 Å². The normalized spacial score (nSPS) is 21.3. The van der Waals surface area contributed by atoms with Crippen LogP contribution in [-0.4, -0.2) is 31.7 Å². The fraction of sp³-hybridized carbons (Fsp3) is 0.625. The van der Waals surface area contributed by atoms with Gasteiger partial charge in [-0.15, -0.1) is 0 Å². The molecule has 0 atom stereocenters. The number of para-hydroxylation sites is 1. The Bertz CT molecular complexity index is 464. The van der Waals surface area contributed by atoms with Gasteiger partial charge in [0.1, 0.15) is 5.60 Å². The van der Waals surface area contributed by atoms with Gasteiger partial charge in [-0.1, -0.05) is 12.1 Å². The lowest BCUT2D eigenvalue weighted by molar-refractivity contribution is -0.183. The fourth-order valence-electron chi connectivity index (χ4n) is 2.67. The average molecular weight is 278 g/mol. The lowest BCUT2D eigenvalue weighted by atomic mass is 10.0. The molecule has 20 heavy (non-hydrogen) atoms. The summed E-state index contributed by atoms with van der Waals surface area (Å²) in [5.74, 6) is 1.71. The van der Waals surface area contributed by atoms with Crippen LogP contribution < -0.4 is 9.47 Å². The summed E-state index contributed by atoms with van der Waals surface area (Å²) in [7, 11) is 0. The van der Waals surface area contributed by atoms with Crippen LogP contribution in [0.1, 0.15) is 32.3 Å². The van der Waals surface area contributed by atoms with Gasteiger partial charge in [0.15, 0.2) is 17.8 Å². The molecule has 0 spiro atoms. The first kappa shape index (κ1) is 13.7. The summed E-state index contributed by atoms with van der Waals surface area (Å²) in [4.78, 5) is 0. The van der Waals surface area contributed by atoms with Crippen molar-refractivity contribution in [1.29, 1.82) is 0 Å². The smallest absolute Gasteiger partial charge is 0.165 e. The highest BCUT2D eigenvalue weighted by Crippen LogP contribution is 2.41. The summed E-state index contributed by atoms with van der Waals surface area (Å²) >= 11 is 0. The van der Waals surface area contributed by atoms with E-state index < -0.39 is 0 Å². The Balaban J connectivity index is 1.57. The highest BCUT2D eigenvalue weighted by atomic mass is 16.7. The fourth-order valence-corrected chi connectivity index (χ4v) is 2.67. The molecule has 2 aliphatic heterocycles. The predicted octanol–water partition coefficient (Wildman–Crippen LogP) is 2.93. The van der Waals surface area contributed by atoms with Gasteiger partial charge in [-0.3, -0.25) is 0 Å². The molecule has 0 amide bonds. The van der Waals surface area contributed by atoms with Crippen LogP contribution in [0.3, 0.4) is 0 Å². The Kier molecular flexibility index (Phi) is 3.85. The van der Waals surface area contributed by atoms with Gasteiger partial charge in [0.25, 0.3) is 0 Å². The Labute approximate surface area is 120 Å². The number of ether oxygens (including phenoxy) is 4. The molecular weight excluding hydrogens is 256 g/mol. The first-order chi connectivity index (χ1) is 9.64. The van der Waals surface area contributed by atoms with Crippen LogP contribution >= 0.6 is 0 Å². The molecule has 2 aliphatic rings. The molecule has 4 nitrogen and oxygen atoms in total. The van der Waals surface area contributed by atoms with E-state index in [1.54, 1.807) is 0 Å². The van der Waals surface area contributed by atoms with E-state index in [9.17, 15) is 0 Å². The van der Waals surface area contributed by atoms with Crippen molar-refractivity contribution in [3.63, 3.8) is 0 Å². The Morgan fingerprint density at radius 3 is 2.85 bits per heavy atom. The minimum atomic E-state index is -0.141. The van der Waals surface area contributed by atoms with Crippen LogP contribution in [0.5, 0.6) is 11.5 Å². The monoisotopic (exact) mass is 278 g/mol. The molecule has 2 heterocycles. The quantitative estimate of drug-likeness (QED) is 0.848. The summed E-state index contributed by atoms with van der Waals surface area (Å²) in [6.07, 6.45) is 2.52. The maximum Gasteiger partial charge on any atom is 0.165 e. The molecule has 0 unspecified atom stereocenters. The summed E-state index contributed by atoms with van der Waals surface area (Å²) in [6, 6.07) is 6.08. The minimum absolute atomic E-state index is 0.127. The molecule has 4 heteroatoms. The van der Waals surface area contributed by atoms with Crippen molar-refractivity contribution in [3.8, 4) is 11.5 Å². The molecular formula is C16H22O4. The third kappa shape index (κ3) is 3.07. The maximum atomic E-state index is 5.98. The molecule has 1 saturated heterocycles. The summed E-state index contributed by atoms with van der Waals surface area (Å²) < 4.78 is 22.9. The molecule has 1 aromatic carbocycles. The van der Waals surface area contributed by atoms with Gasteiger partial charge in [-0.2, -0.15) is 0 Å². The first-order valence-corrected chi connectivity index (χ1v) is 7.31. The predicted molar refractivity (Wildman–Crippen MR) is 75.3 cm³/mol. The summed E-state index contributed by atoms with van der Waals surface area (Å²) in [6.45, 7) is 6.33. The maximum absolute atomic E-state index is 5.98. The van der Waals surface area contributed by atoms with Crippen molar-refractivity contribution in [1.82, 2.24) is 0 Å². The zero-order valence-corrected chi connectivity index (χ0v) is 12.2. The van der Waals surface area contributed by atoms with Crippen molar-refractivity contribution in [2.45, 2.75) is 45.0 Å². The van der Waals surface area contributed by atoms with E-state index in [4.69, 9.17) is 18.9 Å². The third-order valence-corrected chi connectivity index (χ3v) is 3.56. The van der Waals surface area contributed by atoms with Crippen LogP contribution in [0.25, 0.3) is 0 Å². The van der Waals surface area contributed by atoms with Crippen molar-refractivity contribution in [2.24, 2.45) is 0 Å². The van der Waals surface area contributed by atoms with Gasteiger partial charge in [0.2, 0.25) is 0 Å². The van der Waals surface area contributed by atoms with Gasteiger partial charge >= 0.3 is 0 Å². The molecule has 3 rings (SSSR count). The van der Waals surface area contributed by atoms with Crippen LogP contribution in [0.4, 0.5) is 0 Å². The molecule has 0 N–H and O–H groups in total. The van der Waals surface area contributed by atoms with Crippen molar-refractivity contribution in [2.75, 3.05) is 19.8 Å². The molecule has 0 saturated carbocycles. The van der Waals surface area contributed by atoms with Crippen molar-refractivity contribution >= 4 is 0 Å². The van der Waals surface area contributed by atoms with Crippen LogP contribution in [0.2, 0.25) is 0 Å². The highest BCUT2D eigenvalue weighted by molar-refractivity contribution is 5.50. The molecule has 0 aromatic heterocycles. The number of fused-ring (bicyclic) bond motifs is 1. The molecule has 1 fully saturated rings.